The first kappa shape index (κ1) is 16.7. The van der Waals surface area contributed by atoms with E-state index in [0.29, 0.717) is 9.13 Å². The van der Waals surface area contributed by atoms with Crippen molar-refractivity contribution >= 4 is 96.4 Å². The molecule has 328 valence electrons. The van der Waals surface area contributed by atoms with Crippen molar-refractivity contribution in [3.05, 3.63) is 248 Å². The molecule has 7 heteroatoms. The van der Waals surface area contributed by atoms with Gasteiger partial charge in [-0.1, -0.05) is 12.1 Å². The second kappa shape index (κ2) is 16.2. The van der Waals surface area contributed by atoms with Gasteiger partial charge in [-0.15, -0.1) is 0 Å². The van der Waals surface area contributed by atoms with Gasteiger partial charge in [0, 0.05) is 0 Å². The Kier molecular flexibility index (Phi) is 3.85. The van der Waals surface area contributed by atoms with Gasteiger partial charge >= 0.3 is 443 Å². The third-order valence-corrected chi connectivity index (χ3v) is 19.6. The van der Waals surface area contributed by atoms with Crippen molar-refractivity contribution in [2.75, 3.05) is 0 Å². The van der Waals surface area contributed by atoms with E-state index in [1.807, 2.05) is 0 Å². The molecular weight excluding hydrogens is 915 g/mol. The van der Waals surface area contributed by atoms with Gasteiger partial charge in [-0.05, 0) is 0 Å². The van der Waals surface area contributed by atoms with Gasteiger partial charge in [0.2, 0.25) is 0 Å². The topological polar surface area (TPSA) is 61.7 Å². The Morgan fingerprint density at radius 3 is 1.44 bits per heavy atom. The number of fused-ring (bicyclic) bond motifs is 9. The van der Waals surface area contributed by atoms with Crippen LogP contribution in [0.4, 0.5) is 0 Å². The predicted octanol–water partition coefficient (Wildman–Crippen LogP) is 12.7. The molecule has 14 aromatic rings. The maximum atomic E-state index is 10.9. The molecule has 0 bridgehead atoms. The minimum absolute atomic E-state index is 0.553. The summed E-state index contributed by atoms with van der Waals surface area (Å²) >= 11 is -7.93. The Labute approximate surface area is 463 Å². The van der Waals surface area contributed by atoms with Gasteiger partial charge in [0.15, 0.2) is 0 Å². The van der Waals surface area contributed by atoms with E-state index >= 15 is 0 Å². The molecule has 0 spiro atoms. The number of nitrogens with zero attached hydrogens (tertiary/aromatic N) is 5. The fraction of sp³-hybridized carbons (Fsp3) is 0. The van der Waals surface area contributed by atoms with Crippen LogP contribution < -0.4 is 17.6 Å². The zero-order valence-corrected chi connectivity index (χ0v) is 36.7. The first-order chi connectivity index (χ1) is 51.8. The van der Waals surface area contributed by atoms with Crippen LogP contribution in [0.15, 0.2) is 252 Å². The van der Waals surface area contributed by atoms with Crippen molar-refractivity contribution in [3.8, 4) is 34.4 Å². The molecule has 4 heterocycles. The first-order valence-electron chi connectivity index (χ1n) is 40.8. The molecule has 0 aliphatic rings. The fourth-order valence-electron chi connectivity index (χ4n) is 8.35. The van der Waals surface area contributed by atoms with Crippen molar-refractivity contribution in [1.29, 1.82) is 0 Å². The van der Waals surface area contributed by atoms with E-state index in [-0.39, 0.29) is 0 Å². The molecule has 0 amide bonds. The zero-order chi connectivity index (χ0) is 81.9. The van der Waals surface area contributed by atoms with Gasteiger partial charge in [0.05, 0.1) is 8.22 Å². The standard InChI is InChI=1S/C63H41GeN5O/c1-3-21-43(22-4-1)64(44-23-5-2-6-24-44,46-38-39-60-53(41-46)51-30-12-18-37-59(51)70-60)45-25-19-20-42(40-45)61-65-62(67-63(66-61)69-56-34-15-9-28-49(56)50-29-10-16-35-57(50)69)52-31-11-17-36-58(52)68-54-32-13-7-26-47(54)48-27-8-14-33-55(48)68/h1-41H/i1D,2D,3D,4D,5D,6D,7D,8D,9D,10D,11D,12D,13D,14D,15D,16D,17D,18D,19D,20D,21D,22D,23D,24D,25D,26D,27D,28D,29D,30D,31D,32D,33D,34D,35D,36D,37D,38D,39D,40D,41D. The number of hydrogen-bond donors (Lipinski definition) is 0. The van der Waals surface area contributed by atoms with Crippen LogP contribution in [0.25, 0.3) is 100.0 Å². The van der Waals surface area contributed by atoms with Crippen LogP contribution >= 0.6 is 0 Å². The zero-order valence-electron chi connectivity index (χ0n) is 75.6. The van der Waals surface area contributed by atoms with Crippen LogP contribution in [-0.2, 0) is 0 Å². The Morgan fingerprint density at radius 1 is 0.343 bits per heavy atom. The molecule has 0 aliphatic carbocycles. The molecule has 0 radical (unpaired) electrons. The second-order valence-corrected chi connectivity index (χ2v) is 22.2. The van der Waals surface area contributed by atoms with Crippen LogP contribution in [0.2, 0.25) is 0 Å². The summed E-state index contributed by atoms with van der Waals surface area (Å²) in [7, 11) is 0. The van der Waals surface area contributed by atoms with Crippen molar-refractivity contribution in [1.82, 2.24) is 24.1 Å². The van der Waals surface area contributed by atoms with E-state index in [1.54, 1.807) is 0 Å². The maximum absolute atomic E-state index is 10.9. The molecule has 6 nitrogen and oxygen atoms in total. The molecule has 0 N–H and O–H groups in total. The summed E-state index contributed by atoms with van der Waals surface area (Å²) in [4.78, 5) is 13.8. The van der Waals surface area contributed by atoms with E-state index in [0.717, 1.165) is 0 Å². The van der Waals surface area contributed by atoms with E-state index in [9.17, 15) is 38.4 Å². The van der Waals surface area contributed by atoms with Crippen molar-refractivity contribution in [2.45, 2.75) is 0 Å². The monoisotopic (exact) mass is 999 g/mol. The molecule has 4 aromatic heterocycles. The number of aromatic nitrogens is 5. The van der Waals surface area contributed by atoms with Gasteiger partial charge in [-0.25, -0.2) is 0 Å². The fourth-order valence-corrected chi connectivity index (χ4v) is 16.0. The van der Waals surface area contributed by atoms with Crippen LogP contribution in [0.3, 0.4) is 0 Å². The number of benzene rings is 10. The molecular formula is C63H41GeN5O. The molecule has 0 atom stereocenters. The van der Waals surface area contributed by atoms with Crippen molar-refractivity contribution in [3.63, 3.8) is 0 Å². The normalized spacial score (nSPS) is 20.2. The summed E-state index contributed by atoms with van der Waals surface area (Å²) in [6.07, 6.45) is 0. The summed E-state index contributed by atoms with van der Waals surface area (Å²) < 4.78 is 387. The van der Waals surface area contributed by atoms with E-state index < -0.39 is 379 Å². The van der Waals surface area contributed by atoms with Crippen molar-refractivity contribution in [2.24, 2.45) is 0 Å². The number of para-hydroxylation sites is 6. The Bertz CT molecular complexity index is 6530. The van der Waals surface area contributed by atoms with Gasteiger partial charge in [0.1, 0.15) is 0 Å². The van der Waals surface area contributed by atoms with Gasteiger partial charge in [-0.2, -0.15) is 0 Å². The molecule has 14 rings (SSSR count). The molecule has 0 aliphatic heterocycles. The molecule has 0 saturated heterocycles. The van der Waals surface area contributed by atoms with E-state index in [4.69, 9.17) is 22.2 Å². The minimum atomic E-state index is -7.93. The average Bonchev–Trinajstić information content (AvgIpc) is 0.951. The van der Waals surface area contributed by atoms with Gasteiger partial charge in [-0.3, -0.25) is 0 Å². The van der Waals surface area contributed by atoms with Crippen LogP contribution in [0, 0.1) is 0 Å². The summed E-state index contributed by atoms with van der Waals surface area (Å²) in [6, 6.07) is -49.0. The summed E-state index contributed by atoms with van der Waals surface area (Å²) in [5, 5.41) is -4.40. The van der Waals surface area contributed by atoms with Crippen LogP contribution in [0.1, 0.15) is 56.2 Å². The molecule has 0 unspecified atom stereocenters. The SMILES string of the molecule is [2H]c1c([2H])c([2H])[c]([Ge]([c]2c([2H])c([2H])c([2H])c([2H])c2[2H])([c]2c([2H])c([2H])c([2H])c(-c3nc(-c4c([2H])c([2H])c([2H])c([2H])c4-n4c5c([2H])c([2H])c([2H])c([2H])c5c5c([2H])c([2H])c([2H])c([2H])c54)nc(-n4c5c([2H])c([2H])c([2H])c([2H])c5c5c([2H])c([2H])c([2H])c([2H])c54)n3)c2[2H])[c]2c([2H])c([2H])c3oc4c([2H])c([2H])c([2H])c([2H])c4c3c2[2H])c([2H])c1[2H]. The Hall–Kier alpha value is -8.85. The number of hydrogen-bond acceptors (Lipinski definition) is 4. The molecule has 0 saturated carbocycles. The van der Waals surface area contributed by atoms with Gasteiger partial charge in [0.25, 0.3) is 0 Å². The average molecular weight is 998 g/mol. The van der Waals surface area contributed by atoms with E-state index in [2.05, 4.69) is 15.0 Å². The van der Waals surface area contributed by atoms with Crippen molar-refractivity contribution < 1.29 is 60.6 Å². The molecule has 10 aromatic carbocycles. The van der Waals surface area contributed by atoms with Crippen LogP contribution in [-0.4, -0.2) is 37.4 Å². The Balaban J connectivity index is 1.30. The number of furan rings is 1. The van der Waals surface area contributed by atoms with Crippen LogP contribution in [0.5, 0.6) is 0 Å². The summed E-state index contributed by atoms with van der Waals surface area (Å²) in [5.74, 6) is -3.92. The third kappa shape index (κ3) is 6.16. The summed E-state index contributed by atoms with van der Waals surface area (Å²) in [5.41, 5.74) is -8.63. The molecule has 70 heavy (non-hydrogen) atoms. The third-order valence-electron chi connectivity index (χ3n) is 11.2. The quantitative estimate of drug-likeness (QED) is 0.142. The predicted molar refractivity (Wildman–Crippen MR) is 290 cm³/mol. The Morgan fingerprint density at radius 2 is 0.814 bits per heavy atom. The second-order valence-electron chi connectivity index (χ2n) is 14.8. The van der Waals surface area contributed by atoms with Gasteiger partial charge < -0.3 is 0 Å². The first-order valence-corrected chi connectivity index (χ1v) is 24.5. The van der Waals surface area contributed by atoms with E-state index in [1.165, 1.54) is 0 Å². The molecule has 0 fully saturated rings. The summed E-state index contributed by atoms with van der Waals surface area (Å²) in [6.45, 7) is 0. The number of rotatable bonds is 8.